The Balaban J connectivity index is 1.47. The number of para-hydroxylation sites is 1. The Morgan fingerprint density at radius 1 is 0.973 bits per heavy atom. The highest BCUT2D eigenvalue weighted by Crippen LogP contribution is 2.36. The van der Waals surface area contributed by atoms with Crippen molar-refractivity contribution in [3.05, 3.63) is 52.8 Å². The average Bonchev–Trinajstić information content (AvgIpc) is 3.00. The number of hydrogen-bond donors (Lipinski definition) is 3. The van der Waals surface area contributed by atoms with Gasteiger partial charge in [-0.05, 0) is 55.9 Å². The quantitative estimate of drug-likeness (QED) is 0.293. The third-order valence-electron chi connectivity index (χ3n) is 6.58. The molecule has 1 saturated carbocycles. The minimum absolute atomic E-state index is 0.0577. The van der Waals surface area contributed by atoms with E-state index in [2.05, 4.69) is 20.9 Å². The summed E-state index contributed by atoms with van der Waals surface area (Å²) >= 11 is 0. The lowest BCUT2D eigenvalue weighted by Crippen LogP contribution is -2.39. The van der Waals surface area contributed by atoms with Crippen LogP contribution >= 0.6 is 0 Å². The number of nitrogens with one attached hydrogen (secondary N) is 3. The van der Waals surface area contributed by atoms with Gasteiger partial charge in [0.2, 0.25) is 0 Å². The Bertz CT molecular complexity index is 1210. The van der Waals surface area contributed by atoms with Crippen molar-refractivity contribution in [3.8, 4) is 0 Å². The molecular formula is C24H22F6N4O3. The summed E-state index contributed by atoms with van der Waals surface area (Å²) in [5, 5.41) is 8.07. The van der Waals surface area contributed by atoms with Gasteiger partial charge in [0.1, 0.15) is 11.4 Å². The van der Waals surface area contributed by atoms with Gasteiger partial charge >= 0.3 is 12.4 Å². The van der Waals surface area contributed by atoms with Gasteiger partial charge in [0.25, 0.3) is 17.6 Å². The molecule has 1 aromatic carbocycles. The molecule has 0 unspecified atom stereocenters. The molecule has 0 radical (unpaired) electrons. The number of rotatable bonds is 4. The van der Waals surface area contributed by atoms with Crippen molar-refractivity contribution in [1.29, 1.82) is 0 Å². The molecule has 3 N–H and O–H groups in total. The first-order valence-electron chi connectivity index (χ1n) is 11.5. The summed E-state index contributed by atoms with van der Waals surface area (Å²) in [7, 11) is 0. The van der Waals surface area contributed by atoms with Crippen molar-refractivity contribution in [2.24, 2.45) is 5.92 Å². The molecule has 0 bridgehead atoms. The van der Waals surface area contributed by atoms with Crippen LogP contribution in [0.15, 0.2) is 30.3 Å². The number of carbonyl (C=O) groups is 3. The van der Waals surface area contributed by atoms with Crippen LogP contribution < -0.4 is 16.0 Å². The summed E-state index contributed by atoms with van der Waals surface area (Å²) < 4.78 is 78.8. The number of carbonyl (C=O) groups excluding carboxylic acids is 3. The van der Waals surface area contributed by atoms with Crippen LogP contribution in [0.3, 0.4) is 0 Å². The number of Topliss-reactive ketones (excluding diaryl/α,β-unsaturated/α-hetero) is 1. The van der Waals surface area contributed by atoms with E-state index in [1.807, 2.05) is 6.92 Å². The molecular weight excluding hydrogens is 506 g/mol. The molecule has 1 aromatic heterocycles. The maximum atomic E-state index is 13.1. The predicted octanol–water partition coefficient (Wildman–Crippen LogP) is 5.04. The maximum absolute atomic E-state index is 13.1. The van der Waals surface area contributed by atoms with Crippen LogP contribution in [0.5, 0.6) is 0 Å². The van der Waals surface area contributed by atoms with Gasteiger partial charge in [0.15, 0.2) is 0 Å². The van der Waals surface area contributed by atoms with Gasteiger partial charge in [0, 0.05) is 17.8 Å². The Morgan fingerprint density at radius 3 is 2.22 bits per heavy atom. The Morgan fingerprint density at radius 2 is 1.59 bits per heavy atom. The van der Waals surface area contributed by atoms with Gasteiger partial charge in [0.05, 0.1) is 16.8 Å². The molecule has 4 rings (SSSR count). The second-order valence-corrected chi connectivity index (χ2v) is 9.19. The van der Waals surface area contributed by atoms with E-state index < -0.39 is 47.4 Å². The molecule has 13 heteroatoms. The molecule has 198 valence electrons. The van der Waals surface area contributed by atoms with Gasteiger partial charge < -0.3 is 16.0 Å². The first kappa shape index (κ1) is 26.4. The zero-order valence-electron chi connectivity index (χ0n) is 19.4. The molecule has 2 aliphatic rings. The van der Waals surface area contributed by atoms with Gasteiger partial charge in [-0.1, -0.05) is 13.0 Å². The average molecular weight is 528 g/mol. The largest absolute Gasteiger partial charge is 0.433 e. The zero-order valence-corrected chi connectivity index (χ0v) is 19.4. The lowest BCUT2D eigenvalue weighted by molar-refractivity contribution is -0.150. The third kappa shape index (κ3) is 5.70. The Labute approximate surface area is 207 Å². The number of benzene rings is 1. The Hall–Kier alpha value is -3.64. The highest BCUT2D eigenvalue weighted by atomic mass is 19.4. The van der Waals surface area contributed by atoms with E-state index in [9.17, 15) is 40.7 Å². The van der Waals surface area contributed by atoms with E-state index in [1.54, 1.807) is 0 Å². The highest BCUT2D eigenvalue weighted by Gasteiger charge is 2.39. The van der Waals surface area contributed by atoms with Crippen LogP contribution in [0, 0.1) is 5.92 Å². The second kappa shape index (κ2) is 9.67. The van der Waals surface area contributed by atoms with Crippen molar-refractivity contribution in [2.75, 3.05) is 10.6 Å². The molecule has 1 aliphatic carbocycles. The fraction of sp³-hybridized carbons (Fsp3) is 0.417. The fourth-order valence-electron chi connectivity index (χ4n) is 4.58. The second-order valence-electron chi connectivity index (χ2n) is 9.19. The van der Waals surface area contributed by atoms with E-state index in [-0.39, 0.29) is 34.5 Å². The summed E-state index contributed by atoms with van der Waals surface area (Å²) in [5.74, 6) is -2.13. The van der Waals surface area contributed by atoms with Crippen molar-refractivity contribution < 1.29 is 40.7 Å². The van der Waals surface area contributed by atoms with Crippen LogP contribution in [0.4, 0.5) is 37.7 Å². The molecule has 2 aromatic rings. The van der Waals surface area contributed by atoms with Crippen LogP contribution in [0.2, 0.25) is 0 Å². The summed E-state index contributed by atoms with van der Waals surface area (Å²) in [6.45, 7) is 1.88. The van der Waals surface area contributed by atoms with Crippen molar-refractivity contribution in [2.45, 2.75) is 57.0 Å². The van der Waals surface area contributed by atoms with E-state index in [1.165, 1.54) is 18.2 Å². The number of pyridine rings is 1. The number of ketones is 1. The van der Waals surface area contributed by atoms with Crippen LogP contribution in [-0.2, 0) is 17.1 Å². The van der Waals surface area contributed by atoms with E-state index in [0.717, 1.165) is 0 Å². The normalized spacial score (nSPS) is 22.2. The van der Waals surface area contributed by atoms with Crippen LogP contribution in [-0.4, -0.2) is 34.7 Å². The molecule has 2 amide bonds. The van der Waals surface area contributed by atoms with Crippen molar-refractivity contribution in [3.63, 3.8) is 0 Å². The predicted molar refractivity (Wildman–Crippen MR) is 120 cm³/mol. The minimum atomic E-state index is -5.05. The summed E-state index contributed by atoms with van der Waals surface area (Å²) in [6.07, 6.45) is -8.35. The molecule has 1 aliphatic heterocycles. The molecule has 1 fully saturated rings. The standard InChI is InChI=1S/C24H22F6N4O3/c1-11-5-6-12(31-13-9-17(23(25,26)27)33-18(10-13)24(28,29)30)7-8-16(11)32-21(36)15-4-2-3-14-19(15)34-22(37)20(14)35/h2-4,9-12,16H,5-8H2,1H3,(H,31,33)(H,32,36)(H,34,35,37)/t11-,12+,16+/m1/s1. The molecule has 37 heavy (non-hydrogen) atoms. The van der Waals surface area contributed by atoms with Crippen LogP contribution in [0.25, 0.3) is 0 Å². The minimum Gasteiger partial charge on any atom is -0.382 e. The topological polar surface area (TPSA) is 100 Å². The first-order chi connectivity index (χ1) is 17.2. The Kier molecular flexibility index (Phi) is 6.91. The summed E-state index contributed by atoms with van der Waals surface area (Å²) in [5.41, 5.74) is -3.26. The monoisotopic (exact) mass is 528 g/mol. The molecule has 2 heterocycles. The van der Waals surface area contributed by atoms with E-state index >= 15 is 0 Å². The SMILES string of the molecule is C[C@@H]1CC[C@H](Nc2cc(C(F)(F)F)nc(C(F)(F)F)c2)CC[C@@H]1NC(=O)c1cccc2c1NC(=O)C2=O. The number of hydrogen-bond acceptors (Lipinski definition) is 5. The number of anilines is 2. The number of alkyl halides is 6. The van der Waals surface area contributed by atoms with E-state index in [4.69, 9.17) is 0 Å². The van der Waals surface area contributed by atoms with Crippen molar-refractivity contribution >= 4 is 29.0 Å². The van der Waals surface area contributed by atoms with Gasteiger partial charge in [-0.3, -0.25) is 14.4 Å². The fourth-order valence-corrected chi connectivity index (χ4v) is 4.58. The number of fused-ring (bicyclic) bond motifs is 1. The molecule has 3 atom stereocenters. The van der Waals surface area contributed by atoms with E-state index in [0.29, 0.717) is 37.8 Å². The number of nitrogens with zero attached hydrogens (tertiary/aromatic N) is 1. The number of aromatic nitrogens is 1. The molecule has 0 saturated heterocycles. The lowest BCUT2D eigenvalue weighted by Gasteiger charge is -2.23. The highest BCUT2D eigenvalue weighted by molar-refractivity contribution is 6.52. The first-order valence-corrected chi connectivity index (χ1v) is 11.5. The van der Waals surface area contributed by atoms with Crippen molar-refractivity contribution in [1.82, 2.24) is 10.3 Å². The third-order valence-corrected chi connectivity index (χ3v) is 6.58. The van der Waals surface area contributed by atoms with Gasteiger partial charge in [-0.15, -0.1) is 0 Å². The summed E-state index contributed by atoms with van der Waals surface area (Å²) in [6, 6.07) is 4.71. The number of halogens is 6. The van der Waals surface area contributed by atoms with Gasteiger partial charge in [-0.2, -0.15) is 26.3 Å². The van der Waals surface area contributed by atoms with Gasteiger partial charge in [-0.25, -0.2) is 4.98 Å². The molecule has 7 nitrogen and oxygen atoms in total. The summed E-state index contributed by atoms with van der Waals surface area (Å²) in [4.78, 5) is 39.3. The number of amides is 2. The van der Waals surface area contributed by atoms with Crippen LogP contribution in [0.1, 0.15) is 64.7 Å². The molecule has 0 spiro atoms. The zero-order chi connectivity index (χ0) is 27.1. The maximum Gasteiger partial charge on any atom is 0.433 e. The lowest BCUT2D eigenvalue weighted by atomic mass is 9.96. The smallest absolute Gasteiger partial charge is 0.382 e.